The summed E-state index contributed by atoms with van der Waals surface area (Å²) >= 11 is 5.59. The summed E-state index contributed by atoms with van der Waals surface area (Å²) in [6, 6.07) is 1.58. The van der Waals surface area contributed by atoms with Crippen molar-refractivity contribution < 1.29 is 13.6 Å². The Hall–Kier alpha value is -1.16. The summed E-state index contributed by atoms with van der Waals surface area (Å²) in [6.45, 7) is 0. The lowest BCUT2D eigenvalue weighted by atomic mass is 10.2. The van der Waals surface area contributed by atoms with Crippen LogP contribution in [0.25, 0.3) is 0 Å². The Labute approximate surface area is 85.1 Å². The van der Waals surface area contributed by atoms with Gasteiger partial charge in [-0.2, -0.15) is 0 Å². The molecule has 0 atom stereocenters. The van der Waals surface area contributed by atoms with Crippen LogP contribution in [0.1, 0.15) is 10.4 Å². The highest BCUT2D eigenvalue weighted by molar-refractivity contribution is 6.33. The van der Waals surface area contributed by atoms with Gasteiger partial charge in [-0.3, -0.25) is 4.79 Å². The quantitative estimate of drug-likeness (QED) is 0.664. The molecule has 1 amide bonds. The predicted octanol–water partition coefficient (Wildman–Crippen LogP) is 2.32. The molecule has 0 unspecified atom stereocenters. The van der Waals surface area contributed by atoms with Gasteiger partial charge in [-0.05, 0) is 12.1 Å². The molecule has 76 valence electrons. The maximum atomic E-state index is 12.8. The molecule has 0 radical (unpaired) electrons. The minimum atomic E-state index is -1.08. The molecular weight excluding hydrogens is 212 g/mol. The number of amides is 1. The van der Waals surface area contributed by atoms with E-state index >= 15 is 0 Å². The summed E-state index contributed by atoms with van der Waals surface area (Å²) in [5.41, 5.74) is -0.0458. The molecule has 1 aromatic rings. The fourth-order valence-corrected chi connectivity index (χ4v) is 1.16. The van der Waals surface area contributed by atoms with Crippen LogP contribution >= 0.6 is 11.6 Å². The van der Waals surface area contributed by atoms with Crippen LogP contribution in [0.15, 0.2) is 12.1 Å². The van der Waals surface area contributed by atoms with Crippen LogP contribution in [-0.2, 0) is 0 Å². The second kappa shape index (κ2) is 3.92. The third-order valence-electron chi connectivity index (χ3n) is 1.65. The van der Waals surface area contributed by atoms with Gasteiger partial charge in [0.2, 0.25) is 0 Å². The molecule has 0 N–H and O–H groups in total. The maximum Gasteiger partial charge on any atom is 0.254 e. The van der Waals surface area contributed by atoms with Gasteiger partial charge in [-0.1, -0.05) is 11.6 Å². The lowest BCUT2D eigenvalue weighted by Gasteiger charge is -2.11. The van der Waals surface area contributed by atoms with E-state index in [0.717, 1.165) is 12.1 Å². The number of hydrogen-bond donors (Lipinski definition) is 0. The van der Waals surface area contributed by atoms with Gasteiger partial charge in [0.15, 0.2) is 11.6 Å². The Morgan fingerprint density at radius 2 is 1.79 bits per heavy atom. The molecule has 0 aliphatic heterocycles. The molecule has 0 saturated carbocycles. The molecule has 0 aromatic heterocycles. The van der Waals surface area contributed by atoms with Gasteiger partial charge in [0, 0.05) is 14.1 Å². The van der Waals surface area contributed by atoms with E-state index in [9.17, 15) is 13.6 Å². The Kier molecular flexibility index (Phi) is 3.06. The zero-order valence-corrected chi connectivity index (χ0v) is 8.40. The zero-order valence-electron chi connectivity index (χ0n) is 7.64. The van der Waals surface area contributed by atoms with E-state index in [1.807, 2.05) is 0 Å². The third-order valence-corrected chi connectivity index (χ3v) is 1.96. The van der Waals surface area contributed by atoms with Gasteiger partial charge in [-0.15, -0.1) is 0 Å². The van der Waals surface area contributed by atoms with Gasteiger partial charge < -0.3 is 4.90 Å². The molecule has 0 spiro atoms. The first-order valence-electron chi connectivity index (χ1n) is 3.79. The molecule has 1 aromatic carbocycles. The lowest BCUT2D eigenvalue weighted by Crippen LogP contribution is -2.22. The highest BCUT2D eigenvalue weighted by atomic mass is 35.5. The first-order chi connectivity index (χ1) is 6.43. The minimum Gasteiger partial charge on any atom is -0.345 e. The number of carbonyl (C=O) groups excluding carboxylic acids is 1. The van der Waals surface area contributed by atoms with Crippen LogP contribution in [0.3, 0.4) is 0 Å². The Balaban J connectivity index is 3.22. The average molecular weight is 220 g/mol. The number of carbonyl (C=O) groups is 1. The molecule has 0 saturated heterocycles. The standard InChI is InChI=1S/C9H8ClF2NO/c1-13(2)9(14)5-3-7(11)8(12)4-6(5)10/h3-4H,1-2H3. The minimum absolute atomic E-state index is 0.0458. The van der Waals surface area contributed by atoms with Crippen molar-refractivity contribution in [2.75, 3.05) is 14.1 Å². The van der Waals surface area contributed by atoms with E-state index in [0.29, 0.717) is 0 Å². The van der Waals surface area contributed by atoms with Crippen molar-refractivity contribution in [3.8, 4) is 0 Å². The fraction of sp³-hybridized carbons (Fsp3) is 0.222. The van der Waals surface area contributed by atoms with Crippen LogP contribution in [0.4, 0.5) is 8.78 Å². The highest BCUT2D eigenvalue weighted by Crippen LogP contribution is 2.20. The molecule has 0 aliphatic rings. The van der Waals surface area contributed by atoms with Crippen LogP contribution in [-0.4, -0.2) is 24.9 Å². The maximum absolute atomic E-state index is 12.8. The fourth-order valence-electron chi connectivity index (χ4n) is 0.927. The average Bonchev–Trinajstić information content (AvgIpc) is 2.10. The van der Waals surface area contributed by atoms with E-state index in [1.165, 1.54) is 19.0 Å². The van der Waals surface area contributed by atoms with Crippen LogP contribution in [0.2, 0.25) is 5.02 Å². The molecule has 0 bridgehead atoms. The molecule has 0 heterocycles. The van der Waals surface area contributed by atoms with Crippen molar-refractivity contribution in [2.24, 2.45) is 0 Å². The molecule has 1 rings (SSSR count). The Morgan fingerprint density at radius 1 is 1.29 bits per heavy atom. The van der Waals surface area contributed by atoms with E-state index in [4.69, 9.17) is 11.6 Å². The number of halogens is 3. The van der Waals surface area contributed by atoms with Crippen molar-refractivity contribution in [3.63, 3.8) is 0 Å². The van der Waals surface area contributed by atoms with Crippen LogP contribution < -0.4 is 0 Å². The second-order valence-corrected chi connectivity index (χ2v) is 3.35. The molecular formula is C9H8ClF2NO. The second-order valence-electron chi connectivity index (χ2n) is 2.95. The zero-order chi connectivity index (χ0) is 10.9. The van der Waals surface area contributed by atoms with Crippen LogP contribution in [0, 0.1) is 11.6 Å². The van der Waals surface area contributed by atoms with Crippen LogP contribution in [0.5, 0.6) is 0 Å². The molecule has 14 heavy (non-hydrogen) atoms. The molecule has 0 fully saturated rings. The highest BCUT2D eigenvalue weighted by Gasteiger charge is 2.15. The van der Waals surface area contributed by atoms with Gasteiger partial charge in [0.05, 0.1) is 10.6 Å². The SMILES string of the molecule is CN(C)C(=O)c1cc(F)c(F)cc1Cl. The molecule has 2 nitrogen and oxygen atoms in total. The van der Waals surface area contributed by atoms with Crippen molar-refractivity contribution in [1.29, 1.82) is 0 Å². The largest absolute Gasteiger partial charge is 0.345 e. The van der Waals surface area contributed by atoms with Crippen molar-refractivity contribution in [3.05, 3.63) is 34.4 Å². The van der Waals surface area contributed by atoms with E-state index < -0.39 is 17.5 Å². The van der Waals surface area contributed by atoms with Crippen molar-refractivity contribution in [2.45, 2.75) is 0 Å². The summed E-state index contributed by atoms with van der Waals surface area (Å²) in [6.07, 6.45) is 0. The van der Waals surface area contributed by atoms with E-state index in [2.05, 4.69) is 0 Å². The number of benzene rings is 1. The smallest absolute Gasteiger partial charge is 0.254 e. The van der Waals surface area contributed by atoms with Gasteiger partial charge in [-0.25, -0.2) is 8.78 Å². The summed E-state index contributed by atoms with van der Waals surface area (Å²) in [4.78, 5) is 12.6. The van der Waals surface area contributed by atoms with Crippen molar-refractivity contribution >= 4 is 17.5 Å². The normalized spacial score (nSPS) is 10.1. The van der Waals surface area contributed by atoms with Gasteiger partial charge >= 0.3 is 0 Å². The monoisotopic (exact) mass is 219 g/mol. The number of nitrogens with zero attached hydrogens (tertiary/aromatic N) is 1. The Bertz CT molecular complexity index is 379. The Morgan fingerprint density at radius 3 is 2.29 bits per heavy atom. The van der Waals surface area contributed by atoms with E-state index in [1.54, 1.807) is 0 Å². The van der Waals surface area contributed by atoms with Crippen molar-refractivity contribution in [1.82, 2.24) is 4.90 Å². The summed E-state index contributed by atoms with van der Waals surface area (Å²) in [5.74, 6) is -2.61. The number of hydrogen-bond acceptors (Lipinski definition) is 1. The predicted molar refractivity (Wildman–Crippen MR) is 49.4 cm³/mol. The first-order valence-corrected chi connectivity index (χ1v) is 4.17. The summed E-state index contributed by atoms with van der Waals surface area (Å²) < 4.78 is 25.4. The lowest BCUT2D eigenvalue weighted by molar-refractivity contribution is 0.0827. The number of rotatable bonds is 1. The molecule has 5 heteroatoms. The third kappa shape index (κ3) is 2.01. The topological polar surface area (TPSA) is 20.3 Å². The first kappa shape index (κ1) is 10.9. The summed E-state index contributed by atoms with van der Waals surface area (Å²) in [5, 5.41) is -0.0948. The van der Waals surface area contributed by atoms with Gasteiger partial charge in [0.25, 0.3) is 5.91 Å². The summed E-state index contributed by atoms with van der Waals surface area (Å²) in [7, 11) is 3.00. The molecule has 0 aliphatic carbocycles. The van der Waals surface area contributed by atoms with E-state index in [-0.39, 0.29) is 10.6 Å². The van der Waals surface area contributed by atoms with Gasteiger partial charge in [0.1, 0.15) is 0 Å².